The number of rotatable bonds is 16. The van der Waals surface area contributed by atoms with Gasteiger partial charge in [-0.15, -0.1) is 0 Å². The maximum Gasteiger partial charge on any atom is 0.453 e. The number of aryl methyl sites for hydroxylation is 1. The zero-order valence-electron chi connectivity index (χ0n) is 24.9. The Kier molecular flexibility index (Phi) is 12.6. The first-order valence-electron chi connectivity index (χ1n) is 15.0. The van der Waals surface area contributed by atoms with Gasteiger partial charge in [0.15, 0.2) is 11.6 Å². The third-order valence-corrected chi connectivity index (χ3v) is 9.84. The molecule has 3 rings (SSSR count). The zero-order valence-corrected chi connectivity index (χ0v) is 25.7. The molecule has 2 aromatic carbocycles. The predicted octanol–water partition coefficient (Wildman–Crippen LogP) is 8.15. The molecular weight excluding hydrogens is 608 g/mol. The Morgan fingerprint density at radius 3 is 2.23 bits per heavy atom. The van der Waals surface area contributed by atoms with Crippen molar-refractivity contribution < 1.29 is 45.0 Å². The molecule has 0 aliphatic heterocycles. The van der Waals surface area contributed by atoms with Crippen LogP contribution in [0.4, 0.5) is 26.3 Å². The highest BCUT2D eigenvalue weighted by atomic mass is 32.2. The second-order valence-corrected chi connectivity index (χ2v) is 13.9. The van der Waals surface area contributed by atoms with E-state index in [-0.39, 0.29) is 17.9 Å². The van der Waals surface area contributed by atoms with E-state index in [4.69, 9.17) is 0 Å². The van der Waals surface area contributed by atoms with E-state index in [0.29, 0.717) is 6.54 Å². The van der Waals surface area contributed by atoms with E-state index in [2.05, 4.69) is 0 Å². The van der Waals surface area contributed by atoms with E-state index < -0.39 is 52.1 Å². The number of benzene rings is 2. The molecule has 0 atom stereocenters. The van der Waals surface area contributed by atoms with Gasteiger partial charge in [0.25, 0.3) is 0 Å². The Morgan fingerprint density at radius 2 is 1.52 bits per heavy atom. The number of unbranched alkanes of at least 4 members (excludes halogenated alkanes) is 3. The summed E-state index contributed by atoms with van der Waals surface area (Å²) in [5.74, 6) is -6.71. The van der Waals surface area contributed by atoms with E-state index in [9.17, 15) is 45.0 Å². The number of nitrogens with zero attached hydrogens (tertiary/aromatic N) is 1. The minimum atomic E-state index is -5.68. The van der Waals surface area contributed by atoms with Crippen LogP contribution in [-0.2, 0) is 16.3 Å². The van der Waals surface area contributed by atoms with Gasteiger partial charge in [0.05, 0.1) is 11.5 Å². The molecule has 5 nitrogen and oxygen atoms in total. The van der Waals surface area contributed by atoms with Crippen LogP contribution in [0.1, 0.15) is 80.9 Å². The number of aromatic hydroxyl groups is 2. The number of hydrogen-bond acceptors (Lipinski definition) is 5. The summed E-state index contributed by atoms with van der Waals surface area (Å²) < 4.78 is 101. The molecular formula is C32H41F6NO4S. The van der Waals surface area contributed by atoms with Crippen molar-refractivity contribution in [2.45, 2.75) is 82.7 Å². The van der Waals surface area contributed by atoms with Gasteiger partial charge in [-0.3, -0.25) is 0 Å². The number of phenols is 2. The fourth-order valence-electron chi connectivity index (χ4n) is 5.62. The second kappa shape index (κ2) is 15.5. The maximum absolute atomic E-state index is 13.8. The third-order valence-electron chi connectivity index (χ3n) is 8.02. The molecule has 246 valence electrons. The average Bonchev–Trinajstić information content (AvgIpc) is 3.10. The van der Waals surface area contributed by atoms with Crippen LogP contribution in [0.3, 0.4) is 0 Å². The van der Waals surface area contributed by atoms with Crippen LogP contribution in [0.5, 0.6) is 11.5 Å². The van der Waals surface area contributed by atoms with E-state index in [1.54, 1.807) is 18.2 Å². The molecule has 0 saturated heterocycles. The molecule has 44 heavy (non-hydrogen) atoms. The topological polar surface area (TPSA) is 77.8 Å². The summed E-state index contributed by atoms with van der Waals surface area (Å²) in [7, 11) is -1.87. The van der Waals surface area contributed by atoms with Crippen molar-refractivity contribution in [3.05, 3.63) is 58.9 Å². The number of hydrogen-bond donors (Lipinski definition) is 2. The number of halogens is 6. The lowest BCUT2D eigenvalue weighted by Crippen LogP contribution is -2.36. The Morgan fingerprint density at radius 1 is 0.841 bits per heavy atom. The number of alkyl halides is 5. The summed E-state index contributed by atoms with van der Waals surface area (Å²) in [4.78, 5) is 1.98. The minimum Gasteiger partial charge on any atom is -0.508 e. The van der Waals surface area contributed by atoms with Crippen molar-refractivity contribution in [2.75, 3.05) is 31.6 Å². The third kappa shape index (κ3) is 10.4. The van der Waals surface area contributed by atoms with Gasteiger partial charge in [-0.1, -0.05) is 25.0 Å². The lowest BCUT2D eigenvalue weighted by molar-refractivity contribution is -0.284. The highest BCUT2D eigenvalue weighted by Gasteiger charge is 2.56. The molecule has 0 fully saturated rings. The van der Waals surface area contributed by atoms with Crippen LogP contribution in [-0.4, -0.2) is 67.3 Å². The van der Waals surface area contributed by atoms with Gasteiger partial charge in [-0.25, -0.2) is 12.8 Å². The normalized spacial score (nSPS) is 14.6. The second-order valence-electron chi connectivity index (χ2n) is 11.6. The first-order chi connectivity index (χ1) is 20.6. The number of sulfone groups is 1. The van der Waals surface area contributed by atoms with Crippen LogP contribution in [0.25, 0.3) is 11.1 Å². The lowest BCUT2D eigenvalue weighted by Gasteiger charge is -2.19. The Hall–Kier alpha value is -2.73. The summed E-state index contributed by atoms with van der Waals surface area (Å²) in [5, 5.41) is 20.0. The number of allylic oxidation sites excluding steroid dienone is 2. The number of fused-ring (bicyclic) bond motifs is 1. The maximum atomic E-state index is 13.8. The molecule has 2 aromatic rings. The summed E-state index contributed by atoms with van der Waals surface area (Å²) in [6.07, 6.45) is -0.893. The standard InChI is InChI=1S/C32H41F6NO4S/c1-39(18-8-20-44(42,43)19-7-16-31(34,35)32(36,37)38)17-5-3-2-4-10-28-26(24-12-15-29(33)30(41)22-24)11-6-9-23-21-25(40)13-14-27(23)28/h12-15,21-22,40-41H,2-11,16-20H2,1H3. The predicted molar refractivity (Wildman–Crippen MR) is 160 cm³/mol. The SMILES string of the molecule is CN(CCCCCCC1=C(c2ccc(F)c(O)c2)CCCc2cc(O)ccc21)CCCS(=O)(=O)CCCC(F)(F)C(F)(F)F. The van der Waals surface area contributed by atoms with Gasteiger partial charge in [-0.2, -0.15) is 22.0 Å². The van der Waals surface area contributed by atoms with Gasteiger partial charge in [0.2, 0.25) is 0 Å². The molecule has 0 aromatic heterocycles. The van der Waals surface area contributed by atoms with Crippen molar-refractivity contribution in [2.24, 2.45) is 0 Å². The largest absolute Gasteiger partial charge is 0.508 e. The molecule has 0 radical (unpaired) electrons. The smallest absolute Gasteiger partial charge is 0.453 e. The molecule has 0 spiro atoms. The molecule has 0 amide bonds. The lowest BCUT2D eigenvalue weighted by atomic mass is 9.89. The van der Waals surface area contributed by atoms with Crippen molar-refractivity contribution >= 4 is 21.0 Å². The first-order valence-corrected chi connectivity index (χ1v) is 16.8. The van der Waals surface area contributed by atoms with Gasteiger partial charge >= 0.3 is 12.1 Å². The Bertz CT molecular complexity index is 1390. The van der Waals surface area contributed by atoms with Crippen molar-refractivity contribution in [3.8, 4) is 11.5 Å². The minimum absolute atomic E-state index is 0.207. The molecule has 0 saturated carbocycles. The zero-order chi connectivity index (χ0) is 32.5. The fourth-order valence-corrected chi connectivity index (χ4v) is 6.97. The molecule has 0 bridgehead atoms. The van der Waals surface area contributed by atoms with E-state index in [1.807, 2.05) is 18.0 Å². The average molecular weight is 650 g/mol. The van der Waals surface area contributed by atoms with Crippen molar-refractivity contribution in [1.29, 1.82) is 0 Å². The molecule has 0 heterocycles. The van der Waals surface area contributed by atoms with Gasteiger partial charge in [0.1, 0.15) is 15.6 Å². The fraction of sp³-hybridized carbons (Fsp3) is 0.562. The highest BCUT2D eigenvalue weighted by Crippen LogP contribution is 2.41. The first kappa shape index (κ1) is 35.7. The molecule has 1 aliphatic rings. The highest BCUT2D eigenvalue weighted by molar-refractivity contribution is 7.91. The number of phenolic OH excluding ortho intramolecular Hbond substituents is 2. The van der Waals surface area contributed by atoms with Crippen LogP contribution < -0.4 is 0 Å². The van der Waals surface area contributed by atoms with Crippen LogP contribution in [0.2, 0.25) is 0 Å². The molecule has 2 N–H and O–H groups in total. The van der Waals surface area contributed by atoms with Gasteiger partial charge in [-0.05, 0) is 124 Å². The Labute approximate surface area is 255 Å². The molecule has 12 heteroatoms. The van der Waals surface area contributed by atoms with Crippen LogP contribution in [0, 0.1) is 5.82 Å². The van der Waals surface area contributed by atoms with Crippen molar-refractivity contribution in [1.82, 2.24) is 4.90 Å². The summed E-state index contributed by atoms with van der Waals surface area (Å²) in [6.45, 7) is 1.19. The quantitative estimate of drug-likeness (QED) is 0.142. The van der Waals surface area contributed by atoms with Crippen molar-refractivity contribution in [3.63, 3.8) is 0 Å². The van der Waals surface area contributed by atoms with Gasteiger partial charge in [0, 0.05) is 6.42 Å². The summed E-state index contributed by atoms with van der Waals surface area (Å²) in [5.41, 5.74) is 5.09. The molecule has 0 unspecified atom stereocenters. The summed E-state index contributed by atoms with van der Waals surface area (Å²) >= 11 is 0. The Balaban J connectivity index is 1.45. The monoisotopic (exact) mass is 649 g/mol. The van der Waals surface area contributed by atoms with Crippen LogP contribution in [0.15, 0.2) is 36.4 Å². The summed E-state index contributed by atoms with van der Waals surface area (Å²) in [6, 6.07) is 9.78. The van der Waals surface area contributed by atoms with E-state index in [0.717, 1.165) is 85.7 Å². The van der Waals surface area contributed by atoms with Gasteiger partial charge < -0.3 is 15.1 Å². The van der Waals surface area contributed by atoms with E-state index >= 15 is 0 Å². The van der Waals surface area contributed by atoms with Crippen LogP contribution >= 0.6 is 0 Å². The molecule has 1 aliphatic carbocycles. The van der Waals surface area contributed by atoms with E-state index in [1.165, 1.54) is 12.1 Å².